The average molecular weight is 394 g/mol. The maximum atomic E-state index is 12.8. The number of carboxylic acid groups (broad SMARTS) is 1. The summed E-state index contributed by atoms with van der Waals surface area (Å²) >= 11 is 6.07. The van der Waals surface area contributed by atoms with Crippen LogP contribution in [0.5, 0.6) is 11.8 Å². The van der Waals surface area contributed by atoms with Crippen molar-refractivity contribution >= 4 is 23.5 Å². The van der Waals surface area contributed by atoms with Gasteiger partial charge in [-0.3, -0.25) is 4.79 Å². The Kier molecular flexibility index (Phi) is 6.22. The molecule has 2 aromatic rings. The molecular formula is C18H20ClN3O5. The summed E-state index contributed by atoms with van der Waals surface area (Å²) in [6, 6.07) is 7.75. The van der Waals surface area contributed by atoms with Gasteiger partial charge in [0.15, 0.2) is 5.82 Å². The molecule has 9 heteroatoms. The molecule has 0 aliphatic rings. The Labute approximate surface area is 161 Å². The molecule has 0 saturated heterocycles. The molecule has 0 radical (unpaired) electrons. The van der Waals surface area contributed by atoms with Crippen LogP contribution in [0, 0.1) is 5.92 Å². The van der Waals surface area contributed by atoms with Crippen LogP contribution in [-0.4, -0.2) is 41.2 Å². The zero-order valence-electron chi connectivity index (χ0n) is 15.3. The highest BCUT2D eigenvalue weighted by Crippen LogP contribution is 2.31. The number of carboxylic acids is 1. The number of hydrogen-bond donors (Lipinski definition) is 2. The third-order valence-corrected chi connectivity index (χ3v) is 4.41. The third kappa shape index (κ3) is 3.95. The number of nitrogens with zero attached hydrogens (tertiary/aromatic N) is 2. The molecule has 1 aromatic heterocycles. The molecule has 0 saturated carbocycles. The quantitative estimate of drug-likeness (QED) is 0.743. The second-order valence-electron chi connectivity index (χ2n) is 5.98. The van der Waals surface area contributed by atoms with Crippen LogP contribution in [0.2, 0.25) is 5.02 Å². The van der Waals surface area contributed by atoms with E-state index >= 15 is 0 Å². The molecular weight excluding hydrogens is 374 g/mol. The van der Waals surface area contributed by atoms with E-state index in [-0.39, 0.29) is 28.2 Å². The Morgan fingerprint density at radius 1 is 1.15 bits per heavy atom. The van der Waals surface area contributed by atoms with E-state index < -0.39 is 23.3 Å². The van der Waals surface area contributed by atoms with Crippen molar-refractivity contribution in [2.45, 2.75) is 19.4 Å². The molecule has 2 rings (SSSR count). The number of aliphatic carboxylic acids is 1. The second-order valence-corrected chi connectivity index (χ2v) is 6.39. The van der Waals surface area contributed by atoms with Crippen LogP contribution in [0.15, 0.2) is 30.3 Å². The molecule has 0 bridgehead atoms. The van der Waals surface area contributed by atoms with Gasteiger partial charge in [0.2, 0.25) is 17.3 Å². The minimum absolute atomic E-state index is 0.107. The van der Waals surface area contributed by atoms with Crippen molar-refractivity contribution in [3.05, 3.63) is 46.7 Å². The summed E-state index contributed by atoms with van der Waals surface area (Å²) in [5, 5.41) is 12.8. The summed E-state index contributed by atoms with van der Waals surface area (Å²) in [5.41, 5.74) is -1.79. The van der Waals surface area contributed by atoms with E-state index in [9.17, 15) is 14.7 Å². The van der Waals surface area contributed by atoms with Crippen molar-refractivity contribution in [2.24, 2.45) is 5.92 Å². The smallest absolute Gasteiger partial charge is 0.337 e. The summed E-state index contributed by atoms with van der Waals surface area (Å²) in [6.45, 7) is 3.27. The van der Waals surface area contributed by atoms with E-state index in [0.29, 0.717) is 0 Å². The van der Waals surface area contributed by atoms with Crippen molar-refractivity contribution in [1.82, 2.24) is 15.3 Å². The number of benzene rings is 1. The van der Waals surface area contributed by atoms with E-state index in [1.165, 1.54) is 26.4 Å². The van der Waals surface area contributed by atoms with Gasteiger partial charge < -0.3 is 19.9 Å². The molecule has 0 aliphatic heterocycles. The lowest BCUT2D eigenvalue weighted by Crippen LogP contribution is -2.56. The van der Waals surface area contributed by atoms with E-state index in [4.69, 9.17) is 21.1 Å². The van der Waals surface area contributed by atoms with Crippen LogP contribution in [0.4, 0.5) is 0 Å². The number of aromatic nitrogens is 2. The molecule has 2 N–H and O–H groups in total. The van der Waals surface area contributed by atoms with E-state index in [2.05, 4.69) is 15.3 Å². The van der Waals surface area contributed by atoms with Gasteiger partial charge >= 0.3 is 5.97 Å². The first-order chi connectivity index (χ1) is 12.8. The normalized spacial score (nSPS) is 13.0. The van der Waals surface area contributed by atoms with Crippen LogP contribution in [0.25, 0.3) is 0 Å². The average Bonchev–Trinajstić information content (AvgIpc) is 2.65. The molecule has 144 valence electrons. The van der Waals surface area contributed by atoms with Gasteiger partial charge in [-0.05, 0) is 18.1 Å². The maximum Gasteiger partial charge on any atom is 0.337 e. The predicted molar refractivity (Wildman–Crippen MR) is 98.2 cm³/mol. The first-order valence-electron chi connectivity index (χ1n) is 8.04. The first-order valence-corrected chi connectivity index (χ1v) is 8.42. The molecule has 1 heterocycles. The van der Waals surface area contributed by atoms with Crippen LogP contribution in [0.1, 0.15) is 30.0 Å². The zero-order chi connectivity index (χ0) is 20.2. The van der Waals surface area contributed by atoms with E-state index in [1.807, 2.05) is 0 Å². The summed E-state index contributed by atoms with van der Waals surface area (Å²) in [5.74, 6) is -2.56. The monoisotopic (exact) mass is 393 g/mol. The van der Waals surface area contributed by atoms with Gasteiger partial charge in [-0.1, -0.05) is 37.6 Å². The van der Waals surface area contributed by atoms with Crippen molar-refractivity contribution in [3.8, 4) is 11.8 Å². The minimum Gasteiger partial charge on any atom is -0.481 e. The number of ether oxygens (including phenoxy) is 2. The largest absolute Gasteiger partial charge is 0.481 e. The fourth-order valence-electron chi connectivity index (χ4n) is 2.54. The Hall–Kier alpha value is -2.87. The van der Waals surface area contributed by atoms with Crippen LogP contribution < -0.4 is 14.8 Å². The second kappa shape index (κ2) is 8.22. The van der Waals surface area contributed by atoms with Gasteiger partial charge in [-0.15, -0.1) is 0 Å². The van der Waals surface area contributed by atoms with Gasteiger partial charge in [0.05, 0.1) is 30.9 Å². The van der Waals surface area contributed by atoms with Crippen molar-refractivity contribution in [3.63, 3.8) is 0 Å². The Balaban J connectivity index is 2.62. The standard InChI is InChI=1S/C18H20ClN3O5/c1-10(2)18(17(24)25,16-20-13(26-3)9-14(21-16)27-4)22-15(23)11-7-5-6-8-12(11)19/h5-10H,1-4H3,(H,22,23)(H,24,25). The van der Waals surface area contributed by atoms with E-state index in [1.54, 1.807) is 32.0 Å². The van der Waals surface area contributed by atoms with Gasteiger partial charge in [0.25, 0.3) is 5.91 Å². The van der Waals surface area contributed by atoms with Gasteiger partial charge in [0, 0.05) is 0 Å². The fourth-order valence-corrected chi connectivity index (χ4v) is 2.76. The van der Waals surface area contributed by atoms with Crippen molar-refractivity contribution in [1.29, 1.82) is 0 Å². The molecule has 1 unspecified atom stereocenters. The van der Waals surface area contributed by atoms with Gasteiger partial charge in [-0.25, -0.2) is 4.79 Å². The molecule has 1 atom stereocenters. The fraction of sp³-hybridized carbons (Fsp3) is 0.333. The Morgan fingerprint density at radius 3 is 2.15 bits per heavy atom. The molecule has 8 nitrogen and oxygen atoms in total. The summed E-state index contributed by atoms with van der Waals surface area (Å²) < 4.78 is 10.2. The summed E-state index contributed by atoms with van der Waals surface area (Å²) in [6.07, 6.45) is 0. The highest BCUT2D eigenvalue weighted by molar-refractivity contribution is 6.33. The van der Waals surface area contributed by atoms with Gasteiger partial charge in [-0.2, -0.15) is 9.97 Å². The number of carbonyl (C=O) groups excluding carboxylic acids is 1. The number of amides is 1. The SMILES string of the molecule is COc1cc(OC)nc(C(NC(=O)c2ccccc2Cl)(C(=O)O)C(C)C)n1. The Bertz CT molecular complexity index is 836. The molecule has 0 aliphatic carbocycles. The van der Waals surface area contributed by atoms with Crippen molar-refractivity contribution < 1.29 is 24.2 Å². The topological polar surface area (TPSA) is 111 Å². The number of methoxy groups -OCH3 is 2. The number of nitrogens with one attached hydrogen (secondary N) is 1. The lowest BCUT2D eigenvalue weighted by atomic mass is 9.84. The number of halogens is 1. The van der Waals surface area contributed by atoms with Crippen LogP contribution in [-0.2, 0) is 10.3 Å². The van der Waals surface area contributed by atoms with E-state index in [0.717, 1.165) is 0 Å². The minimum atomic E-state index is -1.93. The summed E-state index contributed by atoms with van der Waals surface area (Å²) in [4.78, 5) is 33.4. The first kappa shape index (κ1) is 20.4. The lowest BCUT2D eigenvalue weighted by Gasteiger charge is -2.33. The molecule has 1 amide bonds. The lowest BCUT2D eigenvalue weighted by molar-refractivity contribution is -0.147. The zero-order valence-corrected chi connectivity index (χ0v) is 16.1. The highest BCUT2D eigenvalue weighted by atomic mass is 35.5. The van der Waals surface area contributed by atoms with Crippen LogP contribution >= 0.6 is 11.6 Å². The maximum absolute atomic E-state index is 12.8. The molecule has 27 heavy (non-hydrogen) atoms. The number of carbonyl (C=O) groups is 2. The highest BCUT2D eigenvalue weighted by Gasteiger charge is 2.48. The van der Waals surface area contributed by atoms with Gasteiger partial charge in [0.1, 0.15) is 0 Å². The molecule has 1 aromatic carbocycles. The number of hydrogen-bond acceptors (Lipinski definition) is 6. The number of rotatable bonds is 7. The van der Waals surface area contributed by atoms with Crippen molar-refractivity contribution in [2.75, 3.05) is 14.2 Å². The Morgan fingerprint density at radius 2 is 1.70 bits per heavy atom. The molecule has 0 fully saturated rings. The van der Waals surface area contributed by atoms with Crippen LogP contribution in [0.3, 0.4) is 0 Å². The summed E-state index contributed by atoms with van der Waals surface area (Å²) in [7, 11) is 2.76. The molecule has 0 spiro atoms. The third-order valence-electron chi connectivity index (χ3n) is 4.08. The predicted octanol–water partition coefficient (Wildman–Crippen LogP) is 2.51.